The minimum Gasteiger partial charge on any atom is -0.481 e. The molecule has 4 atom stereocenters. The van der Waals surface area contributed by atoms with Gasteiger partial charge in [-0.15, -0.1) is 12.3 Å². The van der Waals surface area contributed by atoms with Crippen molar-refractivity contribution in [1.29, 1.82) is 0 Å². The number of rotatable bonds is 16. The van der Waals surface area contributed by atoms with Crippen molar-refractivity contribution in [2.45, 2.75) is 95.7 Å². The van der Waals surface area contributed by atoms with E-state index in [9.17, 15) is 4.79 Å². The topological polar surface area (TPSA) is 46.5 Å². The summed E-state index contributed by atoms with van der Waals surface area (Å²) in [6, 6.07) is 0. The maximum Gasteiger partial charge on any atom is 0.303 e. The van der Waals surface area contributed by atoms with Crippen molar-refractivity contribution >= 4 is 17.7 Å². The Balaban J connectivity index is 1.55. The van der Waals surface area contributed by atoms with Crippen LogP contribution in [0.25, 0.3) is 0 Å². The van der Waals surface area contributed by atoms with Crippen LogP contribution in [0.1, 0.15) is 83.5 Å². The molecule has 0 aromatic heterocycles. The lowest BCUT2D eigenvalue weighted by Gasteiger charge is -2.27. The van der Waals surface area contributed by atoms with E-state index in [0.29, 0.717) is 18.1 Å². The molecule has 2 fully saturated rings. The number of hydrogen-bond acceptors (Lipinski definition) is 3. The van der Waals surface area contributed by atoms with Crippen molar-refractivity contribution in [2.24, 2.45) is 11.8 Å². The van der Waals surface area contributed by atoms with E-state index in [2.05, 4.69) is 29.8 Å². The number of aliphatic carboxylic acids is 1. The van der Waals surface area contributed by atoms with E-state index in [1.807, 2.05) is 0 Å². The number of fused-ring (bicyclic) bond motifs is 2. The van der Waals surface area contributed by atoms with Gasteiger partial charge in [-0.05, 0) is 81.1 Å². The summed E-state index contributed by atoms with van der Waals surface area (Å²) in [6.07, 6.45) is 24.8. The number of hydrogen-bond donors (Lipinski definition) is 1. The molecule has 28 heavy (non-hydrogen) atoms. The van der Waals surface area contributed by atoms with Crippen LogP contribution in [0.4, 0.5) is 0 Å². The van der Waals surface area contributed by atoms with Crippen LogP contribution >= 0.6 is 11.8 Å². The molecule has 0 aromatic carbocycles. The van der Waals surface area contributed by atoms with E-state index < -0.39 is 5.97 Å². The molecule has 3 nitrogen and oxygen atoms in total. The Labute approximate surface area is 176 Å². The highest BCUT2D eigenvalue weighted by molar-refractivity contribution is 7.99. The molecule has 158 valence electrons. The van der Waals surface area contributed by atoms with E-state index in [0.717, 1.165) is 31.6 Å². The van der Waals surface area contributed by atoms with Crippen LogP contribution in [0.15, 0.2) is 12.2 Å². The lowest BCUT2D eigenvalue weighted by atomic mass is 9.75. The van der Waals surface area contributed by atoms with Crippen LogP contribution in [0.2, 0.25) is 0 Å². The molecule has 2 bridgehead atoms. The zero-order valence-corrected chi connectivity index (χ0v) is 18.1. The number of carboxylic acid groups (broad SMARTS) is 1. The number of unbranched alkanes of at least 4 members (excludes halogenated alkanes) is 5. The minimum absolute atomic E-state index is 0.271. The molecule has 2 aliphatic heterocycles. The van der Waals surface area contributed by atoms with Gasteiger partial charge >= 0.3 is 5.97 Å². The Hall–Kier alpha value is -0.920. The predicted octanol–water partition coefficient (Wildman–Crippen LogP) is 6.08. The molecule has 0 aromatic rings. The first-order valence-corrected chi connectivity index (χ1v) is 12.4. The monoisotopic (exact) mass is 406 g/mol. The van der Waals surface area contributed by atoms with Crippen LogP contribution in [0, 0.1) is 24.2 Å². The number of allylic oxidation sites excluding steroid dienone is 2. The SMILES string of the molecule is C#CCCCCCSCCCC[C@H]1[C@@H](C/C=C\CCCC(=O)O)[C@H]2CC[C@@H]1O2. The molecule has 2 heterocycles. The van der Waals surface area contributed by atoms with Crippen LogP contribution in [0.3, 0.4) is 0 Å². The summed E-state index contributed by atoms with van der Waals surface area (Å²) in [6.45, 7) is 0. The van der Waals surface area contributed by atoms with Gasteiger partial charge in [0.05, 0.1) is 12.2 Å². The molecule has 1 N–H and O–H groups in total. The van der Waals surface area contributed by atoms with Crippen molar-refractivity contribution in [1.82, 2.24) is 0 Å². The normalized spacial score (nSPS) is 26.1. The average molecular weight is 407 g/mol. The largest absolute Gasteiger partial charge is 0.481 e. The van der Waals surface area contributed by atoms with Crippen LogP contribution in [0.5, 0.6) is 0 Å². The summed E-state index contributed by atoms with van der Waals surface area (Å²) in [5.41, 5.74) is 0. The van der Waals surface area contributed by atoms with Crippen molar-refractivity contribution in [3.63, 3.8) is 0 Å². The summed E-state index contributed by atoms with van der Waals surface area (Å²) in [7, 11) is 0. The number of thioether (sulfide) groups is 1. The van der Waals surface area contributed by atoms with Crippen molar-refractivity contribution in [3.05, 3.63) is 12.2 Å². The summed E-state index contributed by atoms with van der Waals surface area (Å²) in [4.78, 5) is 10.6. The number of ether oxygens (including phenoxy) is 1. The first-order chi connectivity index (χ1) is 13.7. The Bertz CT molecular complexity index is 510. The molecule has 4 heteroatoms. The van der Waals surface area contributed by atoms with Crippen LogP contribution < -0.4 is 0 Å². The maximum atomic E-state index is 10.6. The van der Waals surface area contributed by atoms with Gasteiger partial charge in [-0.1, -0.05) is 25.0 Å². The Kier molecular flexibility index (Phi) is 11.8. The second-order valence-electron chi connectivity index (χ2n) is 8.23. The third kappa shape index (κ3) is 8.62. The van der Waals surface area contributed by atoms with Gasteiger partial charge in [0.25, 0.3) is 0 Å². The molecule has 0 spiro atoms. The molecule has 2 rings (SSSR count). The Morgan fingerprint density at radius 3 is 2.54 bits per heavy atom. The molecule has 0 unspecified atom stereocenters. The van der Waals surface area contributed by atoms with Gasteiger partial charge < -0.3 is 9.84 Å². The third-order valence-corrected chi connectivity index (χ3v) is 7.27. The van der Waals surface area contributed by atoms with E-state index in [-0.39, 0.29) is 6.42 Å². The smallest absolute Gasteiger partial charge is 0.303 e. The first kappa shape index (κ1) is 23.4. The Morgan fingerprint density at radius 2 is 1.79 bits per heavy atom. The first-order valence-electron chi connectivity index (χ1n) is 11.3. The molecule has 0 aliphatic carbocycles. The van der Waals surface area contributed by atoms with Gasteiger partial charge in [-0.2, -0.15) is 11.8 Å². The zero-order valence-electron chi connectivity index (χ0n) is 17.3. The van der Waals surface area contributed by atoms with E-state index in [4.69, 9.17) is 16.3 Å². The van der Waals surface area contributed by atoms with Gasteiger partial charge in [0, 0.05) is 12.8 Å². The third-order valence-electron chi connectivity index (χ3n) is 6.11. The van der Waals surface area contributed by atoms with Gasteiger partial charge in [-0.3, -0.25) is 4.79 Å². The van der Waals surface area contributed by atoms with Crippen molar-refractivity contribution in [3.8, 4) is 12.3 Å². The number of carboxylic acids is 1. The molecule has 0 radical (unpaired) electrons. The highest BCUT2D eigenvalue weighted by Crippen LogP contribution is 2.47. The van der Waals surface area contributed by atoms with Gasteiger partial charge in [0.15, 0.2) is 0 Å². The average Bonchev–Trinajstić information content (AvgIpc) is 3.28. The fraction of sp³-hybridized carbons (Fsp3) is 0.792. The molecular formula is C24H38O3S. The molecular weight excluding hydrogens is 368 g/mol. The lowest BCUT2D eigenvalue weighted by molar-refractivity contribution is -0.137. The molecule has 0 saturated carbocycles. The molecule has 2 saturated heterocycles. The Morgan fingerprint density at radius 1 is 1.04 bits per heavy atom. The molecule has 2 aliphatic rings. The van der Waals surface area contributed by atoms with Crippen molar-refractivity contribution < 1.29 is 14.6 Å². The lowest BCUT2D eigenvalue weighted by Crippen LogP contribution is -2.26. The molecule has 0 amide bonds. The van der Waals surface area contributed by atoms with Crippen molar-refractivity contribution in [2.75, 3.05) is 11.5 Å². The fourth-order valence-electron chi connectivity index (χ4n) is 4.63. The van der Waals surface area contributed by atoms with E-state index >= 15 is 0 Å². The van der Waals surface area contributed by atoms with E-state index in [1.54, 1.807) is 0 Å². The minimum atomic E-state index is -0.697. The summed E-state index contributed by atoms with van der Waals surface area (Å²) >= 11 is 2.10. The van der Waals surface area contributed by atoms with E-state index in [1.165, 1.54) is 62.9 Å². The highest BCUT2D eigenvalue weighted by Gasteiger charge is 2.47. The summed E-state index contributed by atoms with van der Waals surface area (Å²) in [5, 5.41) is 8.69. The predicted molar refractivity (Wildman–Crippen MR) is 119 cm³/mol. The maximum absolute atomic E-state index is 10.6. The van der Waals surface area contributed by atoms with Gasteiger partial charge in [0.2, 0.25) is 0 Å². The van der Waals surface area contributed by atoms with Gasteiger partial charge in [-0.25, -0.2) is 0 Å². The highest BCUT2D eigenvalue weighted by atomic mass is 32.2. The van der Waals surface area contributed by atoms with Gasteiger partial charge in [0.1, 0.15) is 0 Å². The standard InChI is InChI=1S/C24H38O3S/c1-2-3-4-7-11-18-28-19-12-10-14-21-20(22-16-17-23(21)27-22)13-8-5-6-9-15-24(25)26/h1,5,8,20-23H,3-4,6-7,9-19H2,(H,25,26)/b8-5-/t20-,21+,22-,23+/m1/s1. The summed E-state index contributed by atoms with van der Waals surface area (Å²) < 4.78 is 6.22. The second kappa shape index (κ2) is 14.1. The number of carbonyl (C=O) groups is 1. The number of terminal acetylenes is 1. The summed E-state index contributed by atoms with van der Waals surface area (Å²) in [5.74, 6) is 5.98. The quantitative estimate of drug-likeness (QED) is 0.192. The van der Waals surface area contributed by atoms with Crippen LogP contribution in [-0.4, -0.2) is 34.8 Å². The fourth-order valence-corrected chi connectivity index (χ4v) is 5.65. The zero-order chi connectivity index (χ0) is 20.0. The second-order valence-corrected chi connectivity index (χ2v) is 9.46. The van der Waals surface area contributed by atoms with Crippen LogP contribution in [-0.2, 0) is 9.53 Å².